The number of rotatable bonds is 8. The quantitative estimate of drug-likeness (QED) is 0.188. The first-order valence-electron chi connectivity index (χ1n) is 11.9. The molecule has 3 aromatic heterocycles. The van der Waals surface area contributed by atoms with Crippen molar-refractivity contribution in [3.8, 4) is 28.5 Å². The zero-order valence-electron chi connectivity index (χ0n) is 21.2. The number of nitrogens with zero attached hydrogens (tertiary/aromatic N) is 5. The van der Waals surface area contributed by atoms with Gasteiger partial charge in [0.15, 0.2) is 16.8 Å². The third-order valence-corrected chi connectivity index (χ3v) is 7.25. The van der Waals surface area contributed by atoms with Gasteiger partial charge in [-0.1, -0.05) is 30.0 Å². The van der Waals surface area contributed by atoms with E-state index in [0.717, 1.165) is 39.6 Å². The summed E-state index contributed by atoms with van der Waals surface area (Å²) in [6.45, 7) is 6.04. The maximum Gasteiger partial charge on any atom is 0.196 e. The van der Waals surface area contributed by atoms with Gasteiger partial charge in [0, 0.05) is 40.6 Å². The number of hydrogen-bond acceptors (Lipinski definition) is 6. The van der Waals surface area contributed by atoms with Gasteiger partial charge >= 0.3 is 0 Å². The van der Waals surface area contributed by atoms with Crippen molar-refractivity contribution in [2.75, 3.05) is 12.9 Å². The second-order valence-corrected chi connectivity index (χ2v) is 9.64. The number of thioether (sulfide) groups is 1. The molecular weight excluding hydrogens is 482 g/mol. The van der Waals surface area contributed by atoms with Crippen LogP contribution in [0.4, 0.5) is 0 Å². The maximum absolute atomic E-state index is 13.4. The third-order valence-electron chi connectivity index (χ3n) is 6.32. The lowest BCUT2D eigenvalue weighted by molar-refractivity contribution is 0.102. The Hall–Kier alpha value is -4.17. The Kier molecular flexibility index (Phi) is 6.92. The number of aryl methyl sites for hydroxylation is 2. The van der Waals surface area contributed by atoms with Gasteiger partial charge in [0.1, 0.15) is 5.75 Å². The van der Waals surface area contributed by atoms with Gasteiger partial charge in [-0.05, 0) is 74.9 Å². The molecule has 186 valence electrons. The van der Waals surface area contributed by atoms with Crippen molar-refractivity contribution >= 4 is 17.5 Å². The number of carbonyl (C=O) groups is 1. The molecule has 0 N–H and O–H groups in total. The fraction of sp³-hybridized carbons (Fsp3) is 0.172. The average molecular weight is 510 g/mol. The summed E-state index contributed by atoms with van der Waals surface area (Å²) in [4.78, 5) is 17.5. The zero-order chi connectivity index (χ0) is 25.9. The van der Waals surface area contributed by atoms with Gasteiger partial charge in [0.05, 0.1) is 18.6 Å². The second kappa shape index (κ2) is 10.4. The molecule has 0 aliphatic heterocycles. The SMILES string of the molecule is COc1ccc(-n2c(C)cc(C(=O)CSc3nnc(-c4ccncc4)n3-c3ccccc3C)c2C)cc1. The van der Waals surface area contributed by atoms with Gasteiger partial charge in [0.25, 0.3) is 0 Å². The monoisotopic (exact) mass is 509 g/mol. The van der Waals surface area contributed by atoms with Gasteiger partial charge in [0.2, 0.25) is 0 Å². The molecule has 0 fully saturated rings. The minimum absolute atomic E-state index is 0.0441. The highest BCUT2D eigenvalue weighted by Gasteiger charge is 2.21. The van der Waals surface area contributed by atoms with Crippen molar-refractivity contribution in [1.82, 2.24) is 24.3 Å². The molecule has 0 amide bonds. The zero-order valence-corrected chi connectivity index (χ0v) is 22.0. The Morgan fingerprint density at radius 1 is 0.919 bits per heavy atom. The van der Waals surface area contributed by atoms with E-state index in [1.165, 1.54) is 11.8 Å². The summed E-state index contributed by atoms with van der Waals surface area (Å²) in [7, 11) is 1.65. The first-order chi connectivity index (χ1) is 18.0. The van der Waals surface area contributed by atoms with Crippen molar-refractivity contribution in [2.45, 2.75) is 25.9 Å². The molecule has 0 spiro atoms. The third kappa shape index (κ3) is 4.80. The van der Waals surface area contributed by atoms with E-state index in [1.807, 2.05) is 79.1 Å². The van der Waals surface area contributed by atoms with Crippen LogP contribution in [0.1, 0.15) is 27.3 Å². The highest BCUT2D eigenvalue weighted by molar-refractivity contribution is 7.99. The number of methoxy groups -OCH3 is 1. The molecule has 0 aliphatic carbocycles. The summed E-state index contributed by atoms with van der Waals surface area (Å²) in [6, 6.07) is 21.7. The Bertz CT molecular complexity index is 1560. The van der Waals surface area contributed by atoms with E-state index in [0.29, 0.717) is 16.5 Å². The number of hydrogen-bond donors (Lipinski definition) is 0. The topological polar surface area (TPSA) is 74.8 Å². The number of para-hydroxylation sites is 1. The van der Waals surface area contributed by atoms with E-state index in [4.69, 9.17) is 4.74 Å². The van der Waals surface area contributed by atoms with E-state index in [1.54, 1.807) is 19.5 Å². The molecule has 37 heavy (non-hydrogen) atoms. The van der Waals surface area contributed by atoms with Crippen molar-refractivity contribution in [1.29, 1.82) is 0 Å². The number of ether oxygens (including phenoxy) is 1. The van der Waals surface area contributed by atoms with Crippen LogP contribution in [-0.2, 0) is 0 Å². The summed E-state index contributed by atoms with van der Waals surface area (Å²) in [5, 5.41) is 9.62. The van der Waals surface area contributed by atoms with E-state index >= 15 is 0 Å². The molecule has 5 aromatic rings. The number of aromatic nitrogens is 5. The van der Waals surface area contributed by atoms with Crippen LogP contribution in [0, 0.1) is 20.8 Å². The largest absolute Gasteiger partial charge is 0.497 e. The molecule has 0 aliphatic rings. The van der Waals surface area contributed by atoms with Gasteiger partial charge in [-0.3, -0.25) is 14.3 Å². The molecular formula is C29H27N5O2S. The van der Waals surface area contributed by atoms with E-state index < -0.39 is 0 Å². The summed E-state index contributed by atoms with van der Waals surface area (Å²) in [5.41, 5.74) is 6.58. The number of Topliss-reactive ketones (excluding diaryl/α,β-unsaturated/α-hetero) is 1. The predicted octanol–water partition coefficient (Wildman–Crippen LogP) is 6.03. The highest BCUT2D eigenvalue weighted by atomic mass is 32.2. The molecule has 2 aromatic carbocycles. The molecule has 0 bridgehead atoms. The van der Waals surface area contributed by atoms with Crippen LogP contribution in [0.15, 0.2) is 84.3 Å². The van der Waals surface area contributed by atoms with E-state index in [-0.39, 0.29) is 11.5 Å². The van der Waals surface area contributed by atoms with Crippen molar-refractivity contribution in [3.63, 3.8) is 0 Å². The Balaban J connectivity index is 1.44. The number of benzene rings is 2. The molecule has 0 saturated heterocycles. The molecule has 0 radical (unpaired) electrons. The Labute approximate surface area is 220 Å². The molecule has 0 saturated carbocycles. The molecule has 5 rings (SSSR count). The van der Waals surface area contributed by atoms with Crippen LogP contribution in [0.25, 0.3) is 22.8 Å². The lowest BCUT2D eigenvalue weighted by Gasteiger charge is -2.13. The number of carbonyl (C=O) groups excluding carboxylic acids is 1. The Morgan fingerprint density at radius 3 is 2.35 bits per heavy atom. The maximum atomic E-state index is 13.4. The molecule has 0 atom stereocenters. The van der Waals surface area contributed by atoms with Crippen molar-refractivity contribution < 1.29 is 9.53 Å². The van der Waals surface area contributed by atoms with Crippen LogP contribution >= 0.6 is 11.8 Å². The average Bonchev–Trinajstić information content (AvgIpc) is 3.48. The molecule has 7 nitrogen and oxygen atoms in total. The Morgan fingerprint density at radius 2 is 1.65 bits per heavy atom. The van der Waals surface area contributed by atoms with Gasteiger partial charge in [-0.15, -0.1) is 10.2 Å². The smallest absolute Gasteiger partial charge is 0.196 e. The lowest BCUT2D eigenvalue weighted by atomic mass is 10.2. The van der Waals surface area contributed by atoms with Crippen molar-refractivity contribution in [2.24, 2.45) is 0 Å². The summed E-state index contributed by atoms with van der Waals surface area (Å²) in [6.07, 6.45) is 3.47. The van der Waals surface area contributed by atoms with E-state index in [2.05, 4.69) is 32.7 Å². The molecule has 0 unspecified atom stereocenters. The number of pyridine rings is 1. The second-order valence-electron chi connectivity index (χ2n) is 8.69. The first kappa shape index (κ1) is 24.5. The summed E-state index contributed by atoms with van der Waals surface area (Å²) >= 11 is 1.39. The minimum atomic E-state index is 0.0441. The number of ketones is 1. The van der Waals surface area contributed by atoms with Crippen LogP contribution in [0.2, 0.25) is 0 Å². The predicted molar refractivity (Wildman–Crippen MR) is 146 cm³/mol. The van der Waals surface area contributed by atoms with Crippen LogP contribution < -0.4 is 4.74 Å². The summed E-state index contributed by atoms with van der Waals surface area (Å²) in [5.74, 6) is 1.79. The summed E-state index contributed by atoms with van der Waals surface area (Å²) < 4.78 is 9.39. The van der Waals surface area contributed by atoms with Crippen molar-refractivity contribution in [3.05, 3.63) is 102 Å². The molecule has 3 heterocycles. The standard InChI is InChI=1S/C29H27N5O2S/c1-19-7-5-6-8-26(19)34-28(22-13-15-30-16-14-22)31-32-29(34)37-18-27(35)25-17-20(2)33(21(25)3)23-9-11-24(36-4)12-10-23/h5-17H,18H2,1-4H3. The van der Waals surface area contributed by atoms with E-state index in [9.17, 15) is 4.79 Å². The van der Waals surface area contributed by atoms with Gasteiger partial charge in [-0.25, -0.2) is 0 Å². The van der Waals surface area contributed by atoms with Gasteiger partial charge in [-0.2, -0.15) is 0 Å². The molecule has 8 heteroatoms. The normalized spacial score (nSPS) is 11.0. The van der Waals surface area contributed by atoms with Crippen LogP contribution in [0.3, 0.4) is 0 Å². The lowest BCUT2D eigenvalue weighted by Crippen LogP contribution is -2.07. The first-order valence-corrected chi connectivity index (χ1v) is 12.9. The fourth-order valence-corrected chi connectivity index (χ4v) is 5.29. The van der Waals surface area contributed by atoms with Gasteiger partial charge < -0.3 is 9.30 Å². The van der Waals surface area contributed by atoms with Crippen LogP contribution in [-0.4, -0.2) is 43.0 Å². The minimum Gasteiger partial charge on any atom is -0.497 e. The van der Waals surface area contributed by atoms with Crippen LogP contribution in [0.5, 0.6) is 5.75 Å². The fourth-order valence-electron chi connectivity index (χ4n) is 4.46. The highest BCUT2D eigenvalue weighted by Crippen LogP contribution is 2.30.